The summed E-state index contributed by atoms with van der Waals surface area (Å²) in [5.74, 6) is -0.134. The van der Waals surface area contributed by atoms with Crippen LogP contribution in [0.2, 0.25) is 0 Å². The molecule has 1 amide bonds. The maximum Gasteiger partial charge on any atom is 0.435 e. The van der Waals surface area contributed by atoms with E-state index < -0.39 is 11.9 Å². The van der Waals surface area contributed by atoms with Crippen LogP contribution in [-0.2, 0) is 6.18 Å². The van der Waals surface area contributed by atoms with Gasteiger partial charge in [0, 0.05) is 41.3 Å². The van der Waals surface area contributed by atoms with E-state index in [2.05, 4.69) is 25.6 Å². The largest absolute Gasteiger partial charge is 0.435 e. The van der Waals surface area contributed by atoms with Crippen LogP contribution < -0.4 is 10.9 Å². The standard InChI is InChI=1S/C29H28F3N7O2/c1-16(2)39-15-22(26(37-39)29(30,31)32)18-11-12-38-23(14-33-24(38)13-18)28(41)34-19-9-7-17(8-10-19)25-20-5-3-4-6-21(20)27(40)36-35-25/h3-6,11-17,19H,7-10H2,1-2H3,(H,34,41)(H,36,40)/t17-,19-. The Morgan fingerprint density at radius 1 is 1.10 bits per heavy atom. The molecule has 4 aromatic heterocycles. The van der Waals surface area contributed by atoms with Crippen molar-refractivity contribution in [2.45, 2.75) is 63.7 Å². The van der Waals surface area contributed by atoms with Crippen LogP contribution in [-0.4, -0.2) is 41.3 Å². The number of halogens is 3. The van der Waals surface area contributed by atoms with Crippen molar-refractivity contribution in [1.82, 2.24) is 34.7 Å². The number of carbonyl (C=O) groups is 1. The summed E-state index contributed by atoms with van der Waals surface area (Å²) in [6.07, 6.45) is 2.85. The van der Waals surface area contributed by atoms with Crippen molar-refractivity contribution in [1.29, 1.82) is 0 Å². The van der Waals surface area contributed by atoms with Crippen molar-refractivity contribution in [2.24, 2.45) is 0 Å². The third-order valence-corrected chi connectivity index (χ3v) is 7.76. The van der Waals surface area contributed by atoms with Crippen LogP contribution in [0.15, 0.2) is 59.8 Å². The number of aromatic amines is 1. The lowest BCUT2D eigenvalue weighted by Gasteiger charge is -2.29. The fourth-order valence-electron chi connectivity index (χ4n) is 5.61. The van der Waals surface area contributed by atoms with Gasteiger partial charge in [-0.05, 0) is 63.3 Å². The summed E-state index contributed by atoms with van der Waals surface area (Å²) in [5.41, 5.74) is 0.640. The molecule has 4 heterocycles. The van der Waals surface area contributed by atoms with Crippen LogP contribution in [0, 0.1) is 0 Å². The van der Waals surface area contributed by atoms with E-state index >= 15 is 0 Å². The van der Waals surface area contributed by atoms with Crippen molar-refractivity contribution >= 4 is 22.3 Å². The molecular formula is C29H28F3N7O2. The molecule has 0 bridgehead atoms. The van der Waals surface area contributed by atoms with Gasteiger partial charge in [0.2, 0.25) is 0 Å². The topological polar surface area (TPSA) is 110 Å². The Kier molecular flexibility index (Phi) is 6.63. The van der Waals surface area contributed by atoms with Crippen molar-refractivity contribution < 1.29 is 18.0 Å². The number of imidazole rings is 1. The number of hydrogen-bond donors (Lipinski definition) is 2. The summed E-state index contributed by atoms with van der Waals surface area (Å²) in [6, 6.07) is 10.2. The summed E-state index contributed by atoms with van der Waals surface area (Å²) in [7, 11) is 0. The van der Waals surface area contributed by atoms with Gasteiger partial charge in [0.05, 0.1) is 17.3 Å². The van der Waals surface area contributed by atoms with Gasteiger partial charge < -0.3 is 5.32 Å². The molecule has 0 spiro atoms. The molecule has 0 saturated heterocycles. The molecule has 0 atom stereocenters. The quantitative estimate of drug-likeness (QED) is 0.294. The third-order valence-electron chi connectivity index (χ3n) is 7.76. The van der Waals surface area contributed by atoms with E-state index in [1.165, 1.54) is 29.2 Å². The van der Waals surface area contributed by atoms with Crippen LogP contribution in [0.25, 0.3) is 27.5 Å². The SMILES string of the molecule is CC(C)n1cc(-c2ccn3c(C(=O)N[C@H]4CC[C@H](c5n[nH]c(=O)c6ccccc65)CC4)cnc3c2)c(C(F)(F)F)n1. The second kappa shape index (κ2) is 10.2. The number of aromatic nitrogens is 6. The summed E-state index contributed by atoms with van der Waals surface area (Å²) < 4.78 is 43.9. The number of rotatable bonds is 5. The Morgan fingerprint density at radius 3 is 2.54 bits per heavy atom. The molecule has 41 heavy (non-hydrogen) atoms. The van der Waals surface area contributed by atoms with E-state index in [4.69, 9.17) is 0 Å². The summed E-state index contributed by atoms with van der Waals surface area (Å²) >= 11 is 0. The second-order valence-electron chi connectivity index (χ2n) is 10.8. The predicted molar refractivity (Wildman–Crippen MR) is 147 cm³/mol. The molecule has 5 aromatic rings. The number of nitrogens with zero attached hydrogens (tertiary/aromatic N) is 5. The maximum absolute atomic E-state index is 13.7. The van der Waals surface area contributed by atoms with Crippen LogP contribution >= 0.6 is 0 Å². The highest BCUT2D eigenvalue weighted by atomic mass is 19.4. The molecule has 1 saturated carbocycles. The lowest BCUT2D eigenvalue weighted by molar-refractivity contribution is -0.141. The first-order chi connectivity index (χ1) is 19.6. The maximum atomic E-state index is 13.7. The average Bonchev–Trinajstić information content (AvgIpc) is 3.59. The molecule has 1 aliphatic rings. The van der Waals surface area contributed by atoms with Gasteiger partial charge in [-0.2, -0.15) is 23.4 Å². The third kappa shape index (κ3) is 4.98. The Hall–Kier alpha value is -4.48. The molecule has 212 valence electrons. The Labute approximate surface area is 232 Å². The molecule has 9 nitrogen and oxygen atoms in total. The molecule has 0 aliphatic heterocycles. The number of fused-ring (bicyclic) bond motifs is 2. The summed E-state index contributed by atoms with van der Waals surface area (Å²) in [6.45, 7) is 3.52. The monoisotopic (exact) mass is 563 g/mol. The molecule has 1 aliphatic carbocycles. The Morgan fingerprint density at radius 2 is 1.83 bits per heavy atom. The van der Waals surface area contributed by atoms with Crippen molar-refractivity contribution in [3.05, 3.63) is 82.4 Å². The minimum absolute atomic E-state index is 0.0378. The van der Waals surface area contributed by atoms with Crippen molar-refractivity contribution in [2.75, 3.05) is 0 Å². The van der Waals surface area contributed by atoms with Gasteiger partial charge in [-0.3, -0.25) is 18.7 Å². The molecule has 0 radical (unpaired) electrons. The number of nitrogens with one attached hydrogen (secondary N) is 2. The molecule has 1 aromatic carbocycles. The minimum atomic E-state index is -4.61. The fraction of sp³-hybridized carbons (Fsp3) is 0.345. The van der Waals surface area contributed by atoms with Crippen LogP contribution in [0.5, 0.6) is 0 Å². The van der Waals surface area contributed by atoms with Gasteiger partial charge in [0.25, 0.3) is 11.5 Å². The van der Waals surface area contributed by atoms with Gasteiger partial charge in [-0.15, -0.1) is 0 Å². The number of carbonyl (C=O) groups excluding carboxylic acids is 1. The van der Waals surface area contributed by atoms with Crippen LogP contribution in [0.4, 0.5) is 13.2 Å². The zero-order valence-corrected chi connectivity index (χ0v) is 22.4. The number of amides is 1. The first kappa shape index (κ1) is 26.7. The van der Waals surface area contributed by atoms with Gasteiger partial charge >= 0.3 is 6.18 Å². The van der Waals surface area contributed by atoms with E-state index in [9.17, 15) is 22.8 Å². The molecule has 2 N–H and O–H groups in total. The van der Waals surface area contributed by atoms with Gasteiger partial charge in [-0.25, -0.2) is 10.1 Å². The van der Waals surface area contributed by atoms with Gasteiger partial charge in [0.1, 0.15) is 11.3 Å². The number of hydrogen-bond acceptors (Lipinski definition) is 5. The number of H-pyrrole nitrogens is 1. The Balaban J connectivity index is 1.17. The normalized spacial score (nSPS) is 17.9. The summed E-state index contributed by atoms with van der Waals surface area (Å²) in [4.78, 5) is 29.6. The smallest absolute Gasteiger partial charge is 0.348 e. The molecule has 1 fully saturated rings. The van der Waals surface area contributed by atoms with Crippen LogP contribution in [0.1, 0.15) is 73.4 Å². The van der Waals surface area contributed by atoms with E-state index in [1.54, 1.807) is 30.5 Å². The van der Waals surface area contributed by atoms with E-state index in [-0.39, 0.29) is 35.0 Å². The zero-order chi connectivity index (χ0) is 28.9. The predicted octanol–water partition coefficient (Wildman–Crippen LogP) is 5.49. The van der Waals surface area contributed by atoms with Gasteiger partial charge in [-0.1, -0.05) is 18.2 Å². The molecule has 12 heteroatoms. The number of benzene rings is 1. The van der Waals surface area contributed by atoms with E-state index in [0.717, 1.165) is 36.8 Å². The highest BCUT2D eigenvalue weighted by Crippen LogP contribution is 2.37. The second-order valence-corrected chi connectivity index (χ2v) is 10.8. The van der Waals surface area contributed by atoms with Crippen LogP contribution in [0.3, 0.4) is 0 Å². The first-order valence-electron chi connectivity index (χ1n) is 13.5. The van der Waals surface area contributed by atoms with Gasteiger partial charge in [0.15, 0.2) is 5.69 Å². The Bertz CT molecular complexity index is 1810. The summed E-state index contributed by atoms with van der Waals surface area (Å²) in [5, 5.41) is 15.3. The number of pyridine rings is 1. The molecule has 0 unspecified atom stereocenters. The van der Waals surface area contributed by atoms with E-state index in [0.29, 0.717) is 22.3 Å². The van der Waals surface area contributed by atoms with Crippen molar-refractivity contribution in [3.63, 3.8) is 0 Å². The number of alkyl halides is 3. The average molecular weight is 564 g/mol. The molecular weight excluding hydrogens is 535 g/mol. The fourth-order valence-corrected chi connectivity index (χ4v) is 5.61. The molecule has 6 rings (SSSR count). The van der Waals surface area contributed by atoms with E-state index in [1.807, 2.05) is 18.2 Å². The lowest BCUT2D eigenvalue weighted by Crippen LogP contribution is -2.38. The zero-order valence-electron chi connectivity index (χ0n) is 22.4. The van der Waals surface area contributed by atoms with Crippen molar-refractivity contribution in [3.8, 4) is 11.1 Å². The highest BCUT2D eigenvalue weighted by Gasteiger charge is 2.38. The lowest BCUT2D eigenvalue weighted by atomic mass is 9.82. The first-order valence-corrected chi connectivity index (χ1v) is 13.5. The highest BCUT2D eigenvalue weighted by molar-refractivity contribution is 5.93. The minimum Gasteiger partial charge on any atom is -0.348 e.